The number of benzene rings is 2. The number of hydrogen-bond acceptors (Lipinski definition) is 5. The summed E-state index contributed by atoms with van der Waals surface area (Å²) in [6.45, 7) is 5.04. The van der Waals surface area contributed by atoms with E-state index in [9.17, 15) is 4.79 Å². The van der Waals surface area contributed by atoms with Gasteiger partial charge in [0, 0.05) is 24.3 Å². The molecule has 1 atom stereocenters. The summed E-state index contributed by atoms with van der Waals surface area (Å²) < 4.78 is 21.9. The van der Waals surface area contributed by atoms with E-state index in [0.717, 1.165) is 5.56 Å². The topological polar surface area (TPSA) is 66.0 Å². The van der Waals surface area contributed by atoms with E-state index in [1.807, 2.05) is 38.1 Å². The molecule has 0 bridgehead atoms. The Kier molecular flexibility index (Phi) is 7.95. The van der Waals surface area contributed by atoms with E-state index in [1.165, 1.54) is 0 Å². The lowest BCUT2D eigenvalue weighted by atomic mass is 10.1. The first kappa shape index (κ1) is 20.6. The number of hydrogen-bond donors (Lipinski definition) is 1. The maximum absolute atomic E-state index is 12.5. The highest BCUT2D eigenvalue weighted by molar-refractivity contribution is 5.94. The molecule has 0 heterocycles. The van der Waals surface area contributed by atoms with Crippen molar-refractivity contribution < 1.29 is 23.7 Å². The zero-order valence-corrected chi connectivity index (χ0v) is 16.3. The van der Waals surface area contributed by atoms with E-state index in [-0.39, 0.29) is 18.6 Å². The Morgan fingerprint density at radius 1 is 1.04 bits per heavy atom. The molecular weight excluding hydrogens is 346 g/mol. The van der Waals surface area contributed by atoms with E-state index in [0.29, 0.717) is 36.0 Å². The van der Waals surface area contributed by atoms with Gasteiger partial charge in [0.15, 0.2) is 11.5 Å². The summed E-state index contributed by atoms with van der Waals surface area (Å²) in [5.74, 6) is 1.80. The molecule has 1 amide bonds. The molecule has 0 aliphatic heterocycles. The molecule has 27 heavy (non-hydrogen) atoms. The molecule has 0 aliphatic carbocycles. The predicted octanol–water partition coefficient (Wildman–Crippen LogP) is 3.44. The summed E-state index contributed by atoms with van der Waals surface area (Å²) in [6, 6.07) is 12.7. The average Bonchev–Trinajstić information content (AvgIpc) is 2.67. The molecule has 2 aromatic carbocycles. The average molecular weight is 373 g/mol. The number of amides is 1. The van der Waals surface area contributed by atoms with Crippen LogP contribution in [0.3, 0.4) is 0 Å². The van der Waals surface area contributed by atoms with Gasteiger partial charge in [-0.25, -0.2) is 0 Å². The Morgan fingerprint density at radius 2 is 1.78 bits per heavy atom. The third-order valence-corrected chi connectivity index (χ3v) is 3.87. The van der Waals surface area contributed by atoms with Gasteiger partial charge in [0.2, 0.25) is 0 Å². The lowest BCUT2D eigenvalue weighted by Gasteiger charge is -2.16. The van der Waals surface area contributed by atoms with Crippen LogP contribution in [0.1, 0.15) is 29.8 Å². The standard InChI is InChI=1S/C21H27NO5/c1-5-26-18-11-10-16(21(23)22-15(2)13-24-3)12-17(18)14-27-20-9-7-6-8-19(20)25-4/h6-12,15H,5,13-14H2,1-4H3,(H,22,23). The molecule has 0 radical (unpaired) electrons. The fraction of sp³-hybridized carbons (Fsp3) is 0.381. The molecule has 2 aromatic rings. The summed E-state index contributed by atoms with van der Waals surface area (Å²) in [6.07, 6.45) is 0. The van der Waals surface area contributed by atoms with Gasteiger partial charge in [0.05, 0.1) is 20.3 Å². The molecular formula is C21H27NO5. The van der Waals surface area contributed by atoms with Crippen molar-refractivity contribution in [3.8, 4) is 17.2 Å². The van der Waals surface area contributed by atoms with E-state index < -0.39 is 0 Å². The molecule has 6 heteroatoms. The lowest BCUT2D eigenvalue weighted by molar-refractivity contribution is 0.0905. The Bertz CT molecular complexity index is 747. The SMILES string of the molecule is CCOc1ccc(C(=O)NC(C)COC)cc1COc1ccccc1OC. The van der Waals surface area contributed by atoms with Crippen LogP contribution in [0.4, 0.5) is 0 Å². The highest BCUT2D eigenvalue weighted by Gasteiger charge is 2.14. The number of rotatable bonds is 10. The Hall–Kier alpha value is -2.73. The van der Waals surface area contributed by atoms with E-state index in [2.05, 4.69) is 5.32 Å². The summed E-state index contributed by atoms with van der Waals surface area (Å²) in [5.41, 5.74) is 1.33. The molecule has 1 unspecified atom stereocenters. The maximum Gasteiger partial charge on any atom is 0.251 e. The van der Waals surface area contributed by atoms with Crippen LogP contribution in [0.5, 0.6) is 17.2 Å². The van der Waals surface area contributed by atoms with Crippen molar-refractivity contribution in [3.05, 3.63) is 53.6 Å². The number of para-hydroxylation sites is 2. The molecule has 0 aliphatic rings. The van der Waals surface area contributed by atoms with Crippen LogP contribution in [0.2, 0.25) is 0 Å². The van der Waals surface area contributed by atoms with Crippen LogP contribution in [-0.2, 0) is 11.3 Å². The molecule has 0 spiro atoms. The van der Waals surface area contributed by atoms with Crippen LogP contribution in [0, 0.1) is 0 Å². The van der Waals surface area contributed by atoms with Crippen LogP contribution in [0.25, 0.3) is 0 Å². The van der Waals surface area contributed by atoms with Crippen LogP contribution in [-0.4, -0.2) is 39.4 Å². The Labute approximate surface area is 160 Å². The number of nitrogens with one attached hydrogen (secondary N) is 1. The van der Waals surface area contributed by atoms with Gasteiger partial charge >= 0.3 is 0 Å². The van der Waals surface area contributed by atoms with Crippen molar-refractivity contribution in [2.75, 3.05) is 27.4 Å². The minimum absolute atomic E-state index is 0.0812. The number of ether oxygens (including phenoxy) is 4. The van der Waals surface area contributed by atoms with Gasteiger partial charge in [0.25, 0.3) is 5.91 Å². The smallest absolute Gasteiger partial charge is 0.251 e. The van der Waals surface area contributed by atoms with Crippen molar-refractivity contribution >= 4 is 5.91 Å². The summed E-state index contributed by atoms with van der Waals surface area (Å²) >= 11 is 0. The largest absolute Gasteiger partial charge is 0.493 e. The van der Waals surface area contributed by atoms with Crippen molar-refractivity contribution in [1.82, 2.24) is 5.32 Å². The number of methoxy groups -OCH3 is 2. The fourth-order valence-electron chi connectivity index (χ4n) is 2.62. The van der Waals surface area contributed by atoms with Crippen molar-refractivity contribution in [1.29, 1.82) is 0 Å². The van der Waals surface area contributed by atoms with E-state index >= 15 is 0 Å². The lowest BCUT2D eigenvalue weighted by Crippen LogP contribution is -2.35. The van der Waals surface area contributed by atoms with Crippen LogP contribution >= 0.6 is 0 Å². The van der Waals surface area contributed by atoms with Crippen molar-refractivity contribution in [2.24, 2.45) is 0 Å². The van der Waals surface area contributed by atoms with Gasteiger partial charge in [0.1, 0.15) is 12.4 Å². The Morgan fingerprint density at radius 3 is 2.44 bits per heavy atom. The highest BCUT2D eigenvalue weighted by atomic mass is 16.5. The first-order valence-electron chi connectivity index (χ1n) is 8.90. The van der Waals surface area contributed by atoms with Gasteiger partial charge in [-0.05, 0) is 44.2 Å². The molecule has 6 nitrogen and oxygen atoms in total. The fourth-order valence-corrected chi connectivity index (χ4v) is 2.62. The second-order valence-electron chi connectivity index (χ2n) is 6.02. The van der Waals surface area contributed by atoms with Gasteiger partial charge in [-0.3, -0.25) is 4.79 Å². The van der Waals surface area contributed by atoms with Crippen molar-refractivity contribution in [2.45, 2.75) is 26.5 Å². The molecule has 2 rings (SSSR count). The Balaban J connectivity index is 2.18. The first-order valence-corrected chi connectivity index (χ1v) is 8.90. The summed E-state index contributed by atoms with van der Waals surface area (Å²) in [4.78, 5) is 12.5. The third-order valence-electron chi connectivity index (χ3n) is 3.87. The molecule has 0 aromatic heterocycles. The highest BCUT2D eigenvalue weighted by Crippen LogP contribution is 2.28. The van der Waals surface area contributed by atoms with E-state index in [4.69, 9.17) is 18.9 Å². The molecule has 0 fully saturated rings. The minimum atomic E-state index is -0.166. The van der Waals surface area contributed by atoms with Gasteiger partial charge in [-0.15, -0.1) is 0 Å². The zero-order valence-electron chi connectivity index (χ0n) is 16.3. The second-order valence-corrected chi connectivity index (χ2v) is 6.02. The number of carbonyl (C=O) groups is 1. The predicted molar refractivity (Wildman–Crippen MR) is 104 cm³/mol. The molecule has 146 valence electrons. The summed E-state index contributed by atoms with van der Waals surface area (Å²) in [7, 11) is 3.20. The second kappa shape index (κ2) is 10.4. The van der Waals surface area contributed by atoms with Crippen molar-refractivity contribution in [3.63, 3.8) is 0 Å². The maximum atomic E-state index is 12.5. The van der Waals surface area contributed by atoms with Crippen LogP contribution < -0.4 is 19.5 Å². The summed E-state index contributed by atoms with van der Waals surface area (Å²) in [5, 5.41) is 2.90. The van der Waals surface area contributed by atoms with E-state index in [1.54, 1.807) is 32.4 Å². The molecule has 0 saturated heterocycles. The minimum Gasteiger partial charge on any atom is -0.493 e. The monoisotopic (exact) mass is 373 g/mol. The molecule has 1 N–H and O–H groups in total. The normalized spacial score (nSPS) is 11.6. The van der Waals surface area contributed by atoms with Gasteiger partial charge < -0.3 is 24.3 Å². The van der Waals surface area contributed by atoms with Crippen LogP contribution in [0.15, 0.2) is 42.5 Å². The molecule has 0 saturated carbocycles. The van der Waals surface area contributed by atoms with Gasteiger partial charge in [-0.1, -0.05) is 12.1 Å². The zero-order chi connectivity index (χ0) is 19.6. The van der Waals surface area contributed by atoms with Gasteiger partial charge in [-0.2, -0.15) is 0 Å². The number of carbonyl (C=O) groups excluding carboxylic acids is 1. The first-order chi connectivity index (χ1) is 13.1. The quantitative estimate of drug-likeness (QED) is 0.691. The third kappa shape index (κ3) is 5.89.